The number of hydrogen-bond donors (Lipinski definition) is 3. The largest absolute Gasteiger partial charge is 0.324 e. The predicted octanol–water partition coefficient (Wildman–Crippen LogP) is 0.797. The molecule has 1 fully saturated rings. The molecule has 0 atom stereocenters. The topological polar surface area (TPSA) is 73.1 Å². The highest BCUT2D eigenvalue weighted by Crippen LogP contribution is 2.20. The second-order valence-corrected chi connectivity index (χ2v) is 5.06. The van der Waals surface area contributed by atoms with Gasteiger partial charge in [-0.2, -0.15) is 5.10 Å². The van der Waals surface area contributed by atoms with E-state index in [1.54, 1.807) is 6.20 Å². The molecule has 2 heterocycles. The maximum Gasteiger partial charge on any atom is 0.238 e. The molecule has 1 amide bonds. The summed E-state index contributed by atoms with van der Waals surface area (Å²) in [5.74, 6) is 0.0283. The normalized spacial score (nSPS) is 17.0. The van der Waals surface area contributed by atoms with Gasteiger partial charge in [-0.15, -0.1) is 0 Å². The van der Waals surface area contributed by atoms with Crippen LogP contribution in [0.3, 0.4) is 0 Å². The molecule has 1 aromatic heterocycles. The van der Waals surface area contributed by atoms with Crippen molar-refractivity contribution in [1.82, 2.24) is 20.4 Å². The lowest BCUT2D eigenvalue weighted by molar-refractivity contribution is -0.117. The van der Waals surface area contributed by atoms with Crippen LogP contribution in [0.25, 0.3) is 10.9 Å². The lowest BCUT2D eigenvalue weighted by Crippen LogP contribution is -2.35. The van der Waals surface area contributed by atoms with Crippen molar-refractivity contribution >= 4 is 22.5 Å². The third kappa shape index (κ3) is 2.97. The Kier molecular flexibility index (Phi) is 3.94. The van der Waals surface area contributed by atoms with Crippen molar-refractivity contribution in [3.63, 3.8) is 0 Å². The zero-order chi connectivity index (χ0) is 13.8. The van der Waals surface area contributed by atoms with Gasteiger partial charge in [-0.3, -0.25) is 14.8 Å². The maximum absolute atomic E-state index is 12.2. The maximum atomic E-state index is 12.2. The number of H-pyrrole nitrogens is 1. The fraction of sp³-hybridized carbons (Fsp3) is 0.429. The Morgan fingerprint density at radius 2 is 2.30 bits per heavy atom. The molecule has 0 bridgehead atoms. The second kappa shape index (κ2) is 6.02. The van der Waals surface area contributed by atoms with Crippen LogP contribution in [0.1, 0.15) is 6.42 Å². The number of nitrogens with one attached hydrogen (secondary N) is 3. The second-order valence-electron chi connectivity index (χ2n) is 5.06. The van der Waals surface area contributed by atoms with Crippen molar-refractivity contribution in [2.75, 3.05) is 38.0 Å². The van der Waals surface area contributed by atoms with Crippen molar-refractivity contribution < 1.29 is 4.79 Å². The monoisotopic (exact) mass is 273 g/mol. The van der Waals surface area contributed by atoms with Gasteiger partial charge in [0, 0.05) is 18.5 Å². The summed E-state index contributed by atoms with van der Waals surface area (Å²) < 4.78 is 0. The third-order valence-corrected chi connectivity index (χ3v) is 3.56. The lowest BCUT2D eigenvalue weighted by atomic mass is 10.2. The van der Waals surface area contributed by atoms with Gasteiger partial charge in [0.25, 0.3) is 0 Å². The van der Waals surface area contributed by atoms with Gasteiger partial charge < -0.3 is 10.6 Å². The van der Waals surface area contributed by atoms with E-state index >= 15 is 0 Å². The van der Waals surface area contributed by atoms with E-state index in [-0.39, 0.29) is 5.91 Å². The fourth-order valence-corrected chi connectivity index (χ4v) is 2.53. The molecule has 6 heteroatoms. The quantitative estimate of drug-likeness (QED) is 0.773. The standard InChI is InChI=1S/C14H19N5O/c20-14(10-19-7-2-5-15-6-8-19)17-12-3-1-4-13-11(12)9-16-18-13/h1,3-4,9,15H,2,5-8,10H2,(H,16,18)(H,17,20). The van der Waals surface area contributed by atoms with E-state index in [0.29, 0.717) is 6.54 Å². The molecule has 1 aliphatic rings. The lowest BCUT2D eigenvalue weighted by Gasteiger charge is -2.18. The van der Waals surface area contributed by atoms with Crippen molar-refractivity contribution in [2.24, 2.45) is 0 Å². The summed E-state index contributed by atoms with van der Waals surface area (Å²) in [7, 11) is 0. The Morgan fingerprint density at radius 1 is 1.35 bits per heavy atom. The van der Waals surface area contributed by atoms with E-state index in [9.17, 15) is 4.79 Å². The van der Waals surface area contributed by atoms with Crippen molar-refractivity contribution in [2.45, 2.75) is 6.42 Å². The van der Waals surface area contributed by atoms with Crippen LogP contribution >= 0.6 is 0 Å². The molecule has 0 aliphatic carbocycles. The van der Waals surface area contributed by atoms with Gasteiger partial charge in [0.1, 0.15) is 0 Å². The Bertz CT molecular complexity index is 586. The number of rotatable bonds is 3. The summed E-state index contributed by atoms with van der Waals surface area (Å²) in [5, 5.41) is 14.2. The number of benzene rings is 1. The number of hydrogen-bond acceptors (Lipinski definition) is 4. The van der Waals surface area contributed by atoms with Gasteiger partial charge >= 0.3 is 0 Å². The summed E-state index contributed by atoms with van der Waals surface area (Å²) in [4.78, 5) is 14.3. The van der Waals surface area contributed by atoms with Crippen LogP contribution in [0.15, 0.2) is 24.4 Å². The van der Waals surface area contributed by atoms with Crippen LogP contribution in [-0.2, 0) is 4.79 Å². The molecule has 0 radical (unpaired) electrons. The molecule has 2 aromatic rings. The van der Waals surface area contributed by atoms with E-state index in [0.717, 1.165) is 49.2 Å². The number of amides is 1. The van der Waals surface area contributed by atoms with Crippen LogP contribution in [0, 0.1) is 0 Å². The van der Waals surface area contributed by atoms with E-state index in [2.05, 4.69) is 25.7 Å². The summed E-state index contributed by atoms with van der Waals surface area (Å²) in [6.45, 7) is 4.31. The minimum Gasteiger partial charge on any atom is -0.324 e. The van der Waals surface area contributed by atoms with E-state index in [1.165, 1.54) is 0 Å². The third-order valence-electron chi connectivity index (χ3n) is 3.56. The SMILES string of the molecule is O=C(CN1CCCNCC1)Nc1cccc2[nH]ncc12. The molecule has 106 valence electrons. The Labute approximate surface area is 117 Å². The molecular weight excluding hydrogens is 254 g/mol. The first-order chi connectivity index (χ1) is 9.83. The summed E-state index contributed by atoms with van der Waals surface area (Å²) in [6, 6.07) is 5.75. The predicted molar refractivity (Wildman–Crippen MR) is 78.7 cm³/mol. The van der Waals surface area contributed by atoms with E-state index in [4.69, 9.17) is 0 Å². The molecule has 3 N–H and O–H groups in total. The number of aromatic nitrogens is 2. The van der Waals surface area contributed by atoms with Crippen molar-refractivity contribution in [3.8, 4) is 0 Å². The Balaban J connectivity index is 1.65. The van der Waals surface area contributed by atoms with Gasteiger partial charge in [0.15, 0.2) is 0 Å². The minimum absolute atomic E-state index is 0.0283. The zero-order valence-electron chi connectivity index (χ0n) is 11.4. The first-order valence-electron chi connectivity index (χ1n) is 6.98. The zero-order valence-corrected chi connectivity index (χ0v) is 11.4. The van der Waals surface area contributed by atoms with Gasteiger partial charge in [0.05, 0.1) is 23.9 Å². The molecule has 6 nitrogen and oxygen atoms in total. The number of fused-ring (bicyclic) bond motifs is 1. The molecule has 3 rings (SSSR count). The summed E-state index contributed by atoms with van der Waals surface area (Å²) in [5.41, 5.74) is 1.75. The van der Waals surface area contributed by atoms with Crippen LogP contribution in [-0.4, -0.2) is 53.7 Å². The highest BCUT2D eigenvalue weighted by Gasteiger charge is 2.13. The van der Waals surface area contributed by atoms with Gasteiger partial charge in [-0.05, 0) is 31.6 Å². The van der Waals surface area contributed by atoms with Crippen LogP contribution < -0.4 is 10.6 Å². The van der Waals surface area contributed by atoms with Gasteiger partial charge in [-0.1, -0.05) is 6.07 Å². The number of nitrogens with zero attached hydrogens (tertiary/aromatic N) is 2. The van der Waals surface area contributed by atoms with Crippen molar-refractivity contribution in [3.05, 3.63) is 24.4 Å². The molecule has 0 spiro atoms. The average molecular weight is 273 g/mol. The van der Waals surface area contributed by atoms with Crippen molar-refractivity contribution in [1.29, 1.82) is 0 Å². The highest BCUT2D eigenvalue weighted by atomic mass is 16.2. The minimum atomic E-state index is 0.0283. The highest BCUT2D eigenvalue weighted by molar-refractivity contribution is 6.01. The molecular formula is C14H19N5O. The molecule has 20 heavy (non-hydrogen) atoms. The molecule has 1 aliphatic heterocycles. The number of aromatic amines is 1. The van der Waals surface area contributed by atoms with Crippen LogP contribution in [0.5, 0.6) is 0 Å². The molecule has 1 saturated heterocycles. The summed E-state index contributed by atoms with van der Waals surface area (Å²) in [6.07, 6.45) is 2.82. The molecule has 0 saturated carbocycles. The number of anilines is 1. The fourth-order valence-electron chi connectivity index (χ4n) is 2.53. The Morgan fingerprint density at radius 3 is 3.25 bits per heavy atom. The van der Waals surface area contributed by atoms with Gasteiger partial charge in [0.2, 0.25) is 5.91 Å². The number of carbonyl (C=O) groups is 1. The van der Waals surface area contributed by atoms with Crippen LogP contribution in [0.4, 0.5) is 5.69 Å². The Hall–Kier alpha value is -1.92. The smallest absolute Gasteiger partial charge is 0.238 e. The molecule has 0 unspecified atom stereocenters. The molecule has 1 aromatic carbocycles. The first-order valence-corrected chi connectivity index (χ1v) is 6.98. The van der Waals surface area contributed by atoms with Crippen LogP contribution in [0.2, 0.25) is 0 Å². The number of carbonyl (C=O) groups excluding carboxylic acids is 1. The first kappa shape index (κ1) is 13.1. The van der Waals surface area contributed by atoms with E-state index in [1.807, 2.05) is 18.2 Å². The van der Waals surface area contributed by atoms with E-state index < -0.39 is 0 Å². The van der Waals surface area contributed by atoms with Gasteiger partial charge in [-0.25, -0.2) is 0 Å². The average Bonchev–Trinajstić information content (AvgIpc) is 2.78. The summed E-state index contributed by atoms with van der Waals surface area (Å²) >= 11 is 0.